The molecular formula is C22H39N7O. The van der Waals surface area contributed by atoms with Gasteiger partial charge in [-0.1, -0.05) is 13.3 Å². The molecule has 2 aliphatic heterocycles. The molecule has 0 unspecified atom stereocenters. The Morgan fingerprint density at radius 3 is 2.43 bits per heavy atom. The third-order valence-electron chi connectivity index (χ3n) is 6.24. The number of nitrogen functional groups attached to an aromatic ring is 1. The fraction of sp³-hybridized carbons (Fsp3) is 0.773. The van der Waals surface area contributed by atoms with E-state index in [9.17, 15) is 4.79 Å². The zero-order valence-corrected chi connectivity index (χ0v) is 19.2. The predicted octanol–water partition coefficient (Wildman–Crippen LogP) is 2.35. The van der Waals surface area contributed by atoms with E-state index in [1.807, 2.05) is 0 Å². The van der Waals surface area contributed by atoms with E-state index in [-0.39, 0.29) is 11.9 Å². The lowest BCUT2D eigenvalue weighted by molar-refractivity contribution is -0.117. The maximum absolute atomic E-state index is 12.6. The highest BCUT2D eigenvalue weighted by molar-refractivity contribution is 6.01. The van der Waals surface area contributed by atoms with Crippen LogP contribution in [-0.4, -0.2) is 77.0 Å². The van der Waals surface area contributed by atoms with Crippen LogP contribution in [0.15, 0.2) is 0 Å². The van der Waals surface area contributed by atoms with Crippen LogP contribution in [0, 0.1) is 0 Å². The predicted molar refractivity (Wildman–Crippen MR) is 123 cm³/mol. The van der Waals surface area contributed by atoms with Crippen molar-refractivity contribution >= 4 is 23.5 Å². The van der Waals surface area contributed by atoms with E-state index in [0.717, 1.165) is 64.0 Å². The molecule has 0 aromatic carbocycles. The number of carbonyl (C=O) groups is 1. The molecule has 1 saturated heterocycles. The lowest BCUT2D eigenvalue weighted by Gasteiger charge is -2.37. The summed E-state index contributed by atoms with van der Waals surface area (Å²) in [6.45, 7) is 15.2. The molecule has 8 heteroatoms. The van der Waals surface area contributed by atoms with Crippen molar-refractivity contribution in [3.8, 4) is 0 Å². The number of rotatable bonds is 10. The number of fused-ring (bicyclic) bond motifs is 1. The number of amides is 1. The van der Waals surface area contributed by atoms with Gasteiger partial charge in [-0.2, -0.15) is 9.97 Å². The largest absolute Gasteiger partial charge is 0.383 e. The number of anilines is 3. The molecule has 0 radical (unpaired) electrons. The third-order valence-corrected chi connectivity index (χ3v) is 6.24. The maximum atomic E-state index is 12.6. The van der Waals surface area contributed by atoms with Gasteiger partial charge in [0.25, 0.3) is 0 Å². The lowest BCUT2D eigenvalue weighted by atomic mass is 10.2. The Bertz CT molecular complexity index is 716. The standard InChI is InChI=1S/C22H39N7O/c1-5-8-17(4)24-22-25-20(23)18-15-19(30)29(21(18)26-22)10-7-6-9-27-11-13-28(14-12-27)16(2)3/h16-17H,5-15H2,1-4H3,(H3,23,24,25,26)/t17-/m0/s1. The molecule has 8 nitrogen and oxygen atoms in total. The summed E-state index contributed by atoms with van der Waals surface area (Å²) in [5, 5.41) is 3.32. The fourth-order valence-corrected chi connectivity index (χ4v) is 4.38. The molecule has 168 valence electrons. The monoisotopic (exact) mass is 417 g/mol. The lowest BCUT2D eigenvalue weighted by Crippen LogP contribution is -2.49. The topological polar surface area (TPSA) is 90.6 Å². The van der Waals surface area contributed by atoms with Crippen LogP contribution in [0.5, 0.6) is 0 Å². The molecule has 0 saturated carbocycles. The molecule has 30 heavy (non-hydrogen) atoms. The van der Waals surface area contributed by atoms with Crippen LogP contribution in [0.25, 0.3) is 0 Å². The number of hydrogen-bond donors (Lipinski definition) is 2. The van der Waals surface area contributed by atoms with E-state index in [0.29, 0.717) is 36.6 Å². The maximum Gasteiger partial charge on any atom is 0.232 e. The second kappa shape index (κ2) is 10.4. The molecule has 1 amide bonds. The molecule has 3 N–H and O–H groups in total. The van der Waals surface area contributed by atoms with Crippen LogP contribution in [0.4, 0.5) is 17.6 Å². The smallest absolute Gasteiger partial charge is 0.232 e. The summed E-state index contributed by atoms with van der Waals surface area (Å²) in [6, 6.07) is 0.904. The molecule has 1 aromatic rings. The van der Waals surface area contributed by atoms with Gasteiger partial charge < -0.3 is 16.0 Å². The Hall–Kier alpha value is -1.93. The summed E-state index contributed by atoms with van der Waals surface area (Å²) in [6.07, 6.45) is 4.48. The number of nitrogens with zero attached hydrogens (tertiary/aromatic N) is 5. The van der Waals surface area contributed by atoms with Crippen molar-refractivity contribution in [2.24, 2.45) is 0 Å². The van der Waals surface area contributed by atoms with E-state index in [2.05, 4.69) is 52.8 Å². The van der Waals surface area contributed by atoms with Crippen molar-refractivity contribution in [1.29, 1.82) is 0 Å². The van der Waals surface area contributed by atoms with Gasteiger partial charge in [0.05, 0.1) is 6.42 Å². The van der Waals surface area contributed by atoms with Gasteiger partial charge in [0, 0.05) is 50.4 Å². The van der Waals surface area contributed by atoms with E-state index in [4.69, 9.17) is 5.73 Å². The average Bonchev–Trinajstić information content (AvgIpc) is 3.02. The molecule has 3 heterocycles. The minimum Gasteiger partial charge on any atom is -0.383 e. The Labute approximate surface area is 181 Å². The van der Waals surface area contributed by atoms with Crippen LogP contribution in [0.3, 0.4) is 0 Å². The highest BCUT2D eigenvalue weighted by Crippen LogP contribution is 2.32. The minimum atomic E-state index is 0.0790. The Morgan fingerprint density at radius 1 is 1.07 bits per heavy atom. The summed E-state index contributed by atoms with van der Waals surface area (Å²) >= 11 is 0. The fourth-order valence-electron chi connectivity index (χ4n) is 4.38. The van der Waals surface area contributed by atoms with Crippen LogP contribution >= 0.6 is 0 Å². The van der Waals surface area contributed by atoms with Crippen molar-refractivity contribution in [3.63, 3.8) is 0 Å². The number of hydrogen-bond acceptors (Lipinski definition) is 7. The second-order valence-electron chi connectivity index (χ2n) is 8.97. The molecule has 3 rings (SSSR count). The summed E-state index contributed by atoms with van der Waals surface area (Å²) < 4.78 is 0. The van der Waals surface area contributed by atoms with Gasteiger partial charge in [0.1, 0.15) is 11.6 Å². The minimum absolute atomic E-state index is 0.0790. The number of nitrogens with one attached hydrogen (secondary N) is 1. The first-order valence-corrected chi connectivity index (χ1v) is 11.6. The van der Waals surface area contributed by atoms with Gasteiger partial charge in [0.15, 0.2) is 0 Å². The van der Waals surface area contributed by atoms with Gasteiger partial charge in [0.2, 0.25) is 11.9 Å². The van der Waals surface area contributed by atoms with Gasteiger partial charge in [-0.3, -0.25) is 14.6 Å². The number of unbranched alkanes of at least 4 members (excludes halogenated alkanes) is 1. The molecule has 0 spiro atoms. The number of piperazine rings is 1. The van der Waals surface area contributed by atoms with Crippen LogP contribution in [0.1, 0.15) is 58.9 Å². The number of nitrogens with two attached hydrogens (primary N) is 1. The molecule has 2 aliphatic rings. The van der Waals surface area contributed by atoms with Crippen LogP contribution < -0.4 is 16.0 Å². The summed E-state index contributed by atoms with van der Waals surface area (Å²) in [5.74, 6) is 1.72. The van der Waals surface area contributed by atoms with E-state index < -0.39 is 0 Å². The normalized spacial score (nSPS) is 18.8. The average molecular weight is 418 g/mol. The Morgan fingerprint density at radius 2 is 1.77 bits per heavy atom. The summed E-state index contributed by atoms with van der Waals surface area (Å²) in [7, 11) is 0. The van der Waals surface area contributed by atoms with Crippen molar-refractivity contribution in [3.05, 3.63) is 5.56 Å². The third kappa shape index (κ3) is 5.60. The Balaban J connectivity index is 1.51. The quantitative estimate of drug-likeness (QED) is 0.565. The molecule has 0 aliphatic carbocycles. The zero-order chi connectivity index (χ0) is 21.7. The highest BCUT2D eigenvalue weighted by Gasteiger charge is 2.31. The highest BCUT2D eigenvalue weighted by atomic mass is 16.2. The van der Waals surface area contributed by atoms with Gasteiger partial charge >= 0.3 is 0 Å². The van der Waals surface area contributed by atoms with Gasteiger partial charge in [-0.25, -0.2) is 0 Å². The SMILES string of the molecule is CCC[C@H](C)Nc1nc(N)c2c(n1)N(CCCCN1CCN(C(C)C)CC1)C(=O)C2. The summed E-state index contributed by atoms with van der Waals surface area (Å²) in [4.78, 5) is 28.5. The molecule has 1 aromatic heterocycles. The van der Waals surface area contributed by atoms with Crippen molar-refractivity contribution in [2.75, 3.05) is 55.2 Å². The van der Waals surface area contributed by atoms with Crippen LogP contribution in [-0.2, 0) is 11.2 Å². The summed E-state index contributed by atoms with van der Waals surface area (Å²) in [5.41, 5.74) is 6.93. The van der Waals surface area contributed by atoms with Crippen LogP contribution in [0.2, 0.25) is 0 Å². The first-order chi connectivity index (χ1) is 14.4. The molecular weight excluding hydrogens is 378 g/mol. The van der Waals surface area contributed by atoms with Gasteiger partial charge in [-0.15, -0.1) is 0 Å². The van der Waals surface area contributed by atoms with E-state index >= 15 is 0 Å². The van der Waals surface area contributed by atoms with E-state index in [1.54, 1.807) is 4.90 Å². The Kier molecular flexibility index (Phi) is 7.88. The number of carbonyl (C=O) groups excluding carboxylic acids is 1. The molecule has 1 fully saturated rings. The second-order valence-corrected chi connectivity index (χ2v) is 8.97. The molecule has 0 bridgehead atoms. The first-order valence-electron chi connectivity index (χ1n) is 11.6. The van der Waals surface area contributed by atoms with Crippen molar-refractivity contribution in [2.45, 2.75) is 71.9 Å². The van der Waals surface area contributed by atoms with Crippen molar-refractivity contribution < 1.29 is 4.79 Å². The molecule has 1 atom stereocenters. The zero-order valence-electron chi connectivity index (χ0n) is 19.2. The number of aromatic nitrogens is 2. The van der Waals surface area contributed by atoms with Crippen molar-refractivity contribution in [1.82, 2.24) is 19.8 Å². The van der Waals surface area contributed by atoms with E-state index in [1.165, 1.54) is 0 Å². The first kappa shape index (κ1) is 22.7. The van der Waals surface area contributed by atoms with Gasteiger partial charge in [-0.05, 0) is 46.6 Å².